The predicted molar refractivity (Wildman–Crippen MR) is 137 cm³/mol. The highest BCUT2D eigenvalue weighted by atomic mass is 16.2. The van der Waals surface area contributed by atoms with Crippen LogP contribution >= 0.6 is 0 Å². The summed E-state index contributed by atoms with van der Waals surface area (Å²) in [4.78, 5) is 32.6. The van der Waals surface area contributed by atoms with Gasteiger partial charge in [-0.25, -0.2) is 0 Å². The van der Waals surface area contributed by atoms with Gasteiger partial charge in [-0.3, -0.25) is 14.5 Å². The second kappa shape index (κ2) is 10.7. The van der Waals surface area contributed by atoms with Crippen LogP contribution in [0.4, 0.5) is 11.4 Å². The van der Waals surface area contributed by atoms with Crippen molar-refractivity contribution in [3.63, 3.8) is 0 Å². The molecule has 1 aromatic heterocycles. The van der Waals surface area contributed by atoms with Gasteiger partial charge in [0.15, 0.2) is 0 Å². The summed E-state index contributed by atoms with van der Waals surface area (Å²) in [6.07, 6.45) is 1.60. The summed E-state index contributed by atoms with van der Waals surface area (Å²) in [5.74, 6) is -0.431. The fourth-order valence-corrected chi connectivity index (χ4v) is 4.16. The monoisotopic (exact) mass is 459 g/mol. The van der Waals surface area contributed by atoms with Crippen molar-refractivity contribution in [2.75, 3.05) is 43.9 Å². The first kappa shape index (κ1) is 23.7. The van der Waals surface area contributed by atoms with Gasteiger partial charge in [-0.1, -0.05) is 42.0 Å². The summed E-state index contributed by atoms with van der Waals surface area (Å²) in [6.45, 7) is 9.28. The zero-order chi connectivity index (χ0) is 24.1. The predicted octanol–water partition coefficient (Wildman–Crippen LogP) is 3.86. The molecular formula is C27H33N5O2. The van der Waals surface area contributed by atoms with Gasteiger partial charge in [-0.05, 0) is 50.2 Å². The Bertz CT molecular complexity index is 1180. The lowest BCUT2D eigenvalue weighted by Gasteiger charge is -2.32. The summed E-state index contributed by atoms with van der Waals surface area (Å²) in [6, 6.07) is 17.7. The lowest BCUT2D eigenvalue weighted by Crippen LogP contribution is -2.43. The van der Waals surface area contributed by atoms with Crippen LogP contribution in [0.3, 0.4) is 0 Å². The maximum atomic E-state index is 12.8. The lowest BCUT2D eigenvalue weighted by molar-refractivity contribution is 0.102. The Kier molecular flexibility index (Phi) is 7.45. The largest absolute Gasteiger partial charge is 0.377 e. The molecule has 0 bridgehead atoms. The number of H-pyrrole nitrogens is 1. The molecule has 2 aromatic carbocycles. The third kappa shape index (κ3) is 6.12. The van der Waals surface area contributed by atoms with Crippen LogP contribution in [-0.2, 0) is 6.54 Å². The van der Waals surface area contributed by atoms with E-state index in [9.17, 15) is 9.59 Å². The van der Waals surface area contributed by atoms with Gasteiger partial charge in [-0.15, -0.1) is 0 Å². The zero-order valence-electron chi connectivity index (χ0n) is 20.1. The van der Waals surface area contributed by atoms with Crippen molar-refractivity contribution in [2.24, 2.45) is 0 Å². The molecule has 3 aromatic rings. The van der Waals surface area contributed by atoms with Crippen molar-refractivity contribution < 1.29 is 4.79 Å². The SMILES string of the molecule is Cc1cccc([C@@H](C)Nc2c[nH]c(=O)c(C(=O)Nc3ccc(CN4CCN(C)CC4)cc3)c2)c1. The summed E-state index contributed by atoms with van der Waals surface area (Å²) in [7, 11) is 2.15. The van der Waals surface area contributed by atoms with Crippen LogP contribution in [0.2, 0.25) is 0 Å². The van der Waals surface area contributed by atoms with Gasteiger partial charge in [0.25, 0.3) is 11.5 Å². The molecule has 1 aliphatic heterocycles. The molecule has 34 heavy (non-hydrogen) atoms. The van der Waals surface area contributed by atoms with Crippen LogP contribution in [0, 0.1) is 6.92 Å². The first-order valence-electron chi connectivity index (χ1n) is 11.7. The molecule has 2 heterocycles. The van der Waals surface area contributed by atoms with E-state index in [-0.39, 0.29) is 11.6 Å². The molecule has 0 saturated carbocycles. The molecule has 178 valence electrons. The molecule has 0 radical (unpaired) electrons. The van der Waals surface area contributed by atoms with Crippen LogP contribution in [-0.4, -0.2) is 53.9 Å². The third-order valence-corrected chi connectivity index (χ3v) is 6.29. The van der Waals surface area contributed by atoms with Gasteiger partial charge in [0.1, 0.15) is 5.56 Å². The number of likely N-dealkylation sites (N-methyl/N-ethyl adjacent to an activating group) is 1. The minimum absolute atomic E-state index is 0.0227. The summed E-state index contributed by atoms with van der Waals surface area (Å²) in [5.41, 5.74) is 4.52. The standard InChI is InChI=1S/C27H33N5O2/c1-19-5-4-6-22(15-19)20(2)29-24-16-25(26(33)28-17-24)27(34)30-23-9-7-21(8-10-23)18-32-13-11-31(3)12-14-32/h4-10,15-17,20,29H,11-14,18H2,1-3H3,(H,28,33)(H,30,34)/t20-/m1/s1. The van der Waals surface area contributed by atoms with Gasteiger partial charge < -0.3 is 20.5 Å². The highest BCUT2D eigenvalue weighted by molar-refractivity contribution is 6.04. The summed E-state index contributed by atoms with van der Waals surface area (Å²) >= 11 is 0. The normalized spacial score (nSPS) is 15.6. The molecule has 1 aliphatic rings. The Balaban J connectivity index is 1.39. The minimum Gasteiger partial charge on any atom is -0.377 e. The number of amides is 1. The number of benzene rings is 2. The number of hydrogen-bond donors (Lipinski definition) is 3. The molecule has 3 N–H and O–H groups in total. The van der Waals surface area contributed by atoms with Crippen LogP contribution in [0.5, 0.6) is 0 Å². The van der Waals surface area contributed by atoms with E-state index in [1.54, 1.807) is 12.3 Å². The molecule has 1 atom stereocenters. The van der Waals surface area contributed by atoms with Crippen molar-refractivity contribution in [2.45, 2.75) is 26.4 Å². The Morgan fingerprint density at radius 2 is 1.76 bits per heavy atom. The third-order valence-electron chi connectivity index (χ3n) is 6.29. The number of rotatable bonds is 7. The number of anilines is 2. The number of aromatic amines is 1. The highest BCUT2D eigenvalue weighted by Crippen LogP contribution is 2.20. The molecule has 4 rings (SSSR count). The van der Waals surface area contributed by atoms with Crippen LogP contribution in [0.1, 0.15) is 40.0 Å². The number of aromatic nitrogens is 1. The highest BCUT2D eigenvalue weighted by Gasteiger charge is 2.15. The van der Waals surface area contributed by atoms with E-state index in [2.05, 4.69) is 57.6 Å². The summed E-state index contributed by atoms with van der Waals surface area (Å²) in [5, 5.41) is 6.21. The number of hydrogen-bond acceptors (Lipinski definition) is 5. The maximum absolute atomic E-state index is 12.8. The van der Waals surface area contributed by atoms with Crippen LogP contribution in [0.25, 0.3) is 0 Å². The number of piperazine rings is 1. The number of carbonyl (C=O) groups excluding carboxylic acids is 1. The molecule has 7 nitrogen and oxygen atoms in total. The van der Waals surface area contributed by atoms with E-state index in [0.29, 0.717) is 11.4 Å². The van der Waals surface area contributed by atoms with Crippen molar-refractivity contribution in [3.05, 3.63) is 93.4 Å². The average molecular weight is 460 g/mol. The number of nitrogens with one attached hydrogen (secondary N) is 3. The van der Waals surface area contributed by atoms with E-state index < -0.39 is 11.5 Å². The molecule has 1 amide bonds. The topological polar surface area (TPSA) is 80.5 Å². The molecule has 1 fully saturated rings. The first-order valence-corrected chi connectivity index (χ1v) is 11.7. The average Bonchev–Trinajstić information content (AvgIpc) is 2.83. The van der Waals surface area contributed by atoms with Gasteiger partial charge in [0, 0.05) is 50.6 Å². The van der Waals surface area contributed by atoms with Gasteiger partial charge >= 0.3 is 0 Å². The van der Waals surface area contributed by atoms with E-state index in [1.807, 2.05) is 37.3 Å². The Morgan fingerprint density at radius 1 is 1.03 bits per heavy atom. The second-order valence-electron chi connectivity index (χ2n) is 9.14. The Labute approximate surface area is 200 Å². The molecular weight excluding hydrogens is 426 g/mol. The lowest BCUT2D eigenvalue weighted by atomic mass is 10.1. The van der Waals surface area contributed by atoms with Crippen LogP contribution in [0.15, 0.2) is 65.6 Å². The van der Waals surface area contributed by atoms with Crippen molar-refractivity contribution >= 4 is 17.3 Å². The maximum Gasteiger partial charge on any atom is 0.261 e. The quantitative estimate of drug-likeness (QED) is 0.500. The summed E-state index contributed by atoms with van der Waals surface area (Å²) < 4.78 is 0. The molecule has 1 saturated heterocycles. The Hall–Kier alpha value is -3.42. The fourth-order valence-electron chi connectivity index (χ4n) is 4.16. The van der Waals surface area contributed by atoms with Crippen molar-refractivity contribution in [1.82, 2.24) is 14.8 Å². The van der Waals surface area contributed by atoms with E-state index in [1.165, 1.54) is 11.1 Å². The van der Waals surface area contributed by atoms with Gasteiger partial charge in [0.05, 0.1) is 5.69 Å². The molecule has 0 aliphatic carbocycles. The Morgan fingerprint density at radius 3 is 2.47 bits per heavy atom. The molecule has 0 unspecified atom stereocenters. The van der Waals surface area contributed by atoms with E-state index in [0.717, 1.165) is 38.3 Å². The van der Waals surface area contributed by atoms with E-state index in [4.69, 9.17) is 0 Å². The number of carbonyl (C=O) groups is 1. The number of aryl methyl sites for hydroxylation is 1. The molecule has 7 heteroatoms. The molecule has 0 spiro atoms. The van der Waals surface area contributed by atoms with Gasteiger partial charge in [0.2, 0.25) is 0 Å². The zero-order valence-corrected chi connectivity index (χ0v) is 20.1. The number of nitrogens with zero attached hydrogens (tertiary/aromatic N) is 2. The van der Waals surface area contributed by atoms with Crippen LogP contribution < -0.4 is 16.2 Å². The van der Waals surface area contributed by atoms with Crippen molar-refractivity contribution in [1.29, 1.82) is 0 Å². The van der Waals surface area contributed by atoms with Crippen molar-refractivity contribution in [3.8, 4) is 0 Å². The van der Waals surface area contributed by atoms with E-state index >= 15 is 0 Å². The fraction of sp³-hybridized carbons (Fsp3) is 0.333. The van der Waals surface area contributed by atoms with Gasteiger partial charge in [-0.2, -0.15) is 0 Å². The minimum atomic E-state index is -0.431. The smallest absolute Gasteiger partial charge is 0.261 e. The first-order chi connectivity index (χ1) is 16.4. The number of pyridine rings is 1. The second-order valence-corrected chi connectivity index (χ2v) is 9.14.